The molecule has 116 valence electrons. The van der Waals surface area contributed by atoms with E-state index in [0.717, 1.165) is 5.56 Å². The molecule has 0 saturated carbocycles. The first-order valence-electron chi connectivity index (χ1n) is 6.98. The summed E-state index contributed by atoms with van der Waals surface area (Å²) in [5.74, 6) is -2.04. The number of benzene rings is 1. The Bertz CT molecular complexity index is 535. The Balaban J connectivity index is 0.00000441. The molecule has 1 rings (SSSR count). The number of aryl methyl sites for hydroxylation is 1. The van der Waals surface area contributed by atoms with E-state index in [1.165, 1.54) is 0 Å². The quantitative estimate of drug-likeness (QED) is 0.681. The second-order valence-corrected chi connectivity index (χ2v) is 6.99. The first-order valence-corrected chi connectivity index (χ1v) is 6.98. The summed E-state index contributed by atoms with van der Waals surface area (Å²) in [6.45, 7) is 9.11. The number of hydrogen-bond acceptors (Lipinski definition) is 2. The molecular formula is C17H24NO3Rb. The van der Waals surface area contributed by atoms with Gasteiger partial charge in [-0.25, -0.2) is 0 Å². The summed E-state index contributed by atoms with van der Waals surface area (Å²) in [7, 11) is 0. The molecule has 5 heteroatoms. The maximum absolute atomic E-state index is 11.8. The van der Waals surface area contributed by atoms with E-state index < -0.39 is 28.6 Å². The topological polar surface area (TPSA) is 80.4 Å². The third-order valence-electron chi connectivity index (χ3n) is 3.92. The molecule has 0 aliphatic heterocycles. The molecule has 1 aromatic carbocycles. The van der Waals surface area contributed by atoms with Crippen LogP contribution in [0.15, 0.2) is 18.2 Å². The van der Waals surface area contributed by atoms with Crippen molar-refractivity contribution in [3.8, 4) is 0 Å². The molecule has 0 spiro atoms. The van der Waals surface area contributed by atoms with Gasteiger partial charge in [0.15, 0.2) is 0 Å². The summed E-state index contributed by atoms with van der Waals surface area (Å²) in [4.78, 5) is 23.3. The van der Waals surface area contributed by atoms with Gasteiger partial charge in [-0.1, -0.05) is 34.6 Å². The minimum absolute atomic E-state index is 0. The number of carbonyl (C=O) groups is 2. The fourth-order valence-corrected chi connectivity index (χ4v) is 2.95. The van der Waals surface area contributed by atoms with Crippen molar-refractivity contribution in [2.24, 2.45) is 16.6 Å². The molecule has 0 bridgehead atoms. The average Bonchev–Trinajstić information content (AvgIpc) is 2.29. The Morgan fingerprint density at radius 3 is 2.18 bits per heavy atom. The van der Waals surface area contributed by atoms with E-state index in [2.05, 4.69) is 6.07 Å². The summed E-state index contributed by atoms with van der Waals surface area (Å²) in [5, 5.41) is 9.64. The van der Waals surface area contributed by atoms with Crippen LogP contribution in [0, 0.1) is 23.8 Å². The predicted octanol–water partition coefficient (Wildman–Crippen LogP) is -0.105. The first kappa shape index (κ1) is 22.0. The van der Waals surface area contributed by atoms with Crippen LogP contribution in [0.2, 0.25) is 0 Å². The molecule has 0 aliphatic carbocycles. The Morgan fingerprint density at radius 2 is 1.82 bits per heavy atom. The molecule has 4 nitrogen and oxygen atoms in total. The fraction of sp³-hybridized carbons (Fsp3) is 0.529. The minimum Gasteiger partial charge on any atom is -0.482 e. The van der Waals surface area contributed by atoms with Crippen LogP contribution in [-0.4, -0.2) is 17.0 Å². The van der Waals surface area contributed by atoms with Crippen LogP contribution < -0.4 is 63.9 Å². The van der Waals surface area contributed by atoms with Crippen LogP contribution in [-0.2, 0) is 9.59 Å². The number of rotatable bonds is 6. The van der Waals surface area contributed by atoms with E-state index in [-0.39, 0.29) is 58.2 Å². The van der Waals surface area contributed by atoms with Crippen LogP contribution in [0.4, 0.5) is 0 Å². The Kier molecular flexibility index (Phi) is 8.17. The van der Waals surface area contributed by atoms with Gasteiger partial charge < -0.3 is 10.8 Å². The first-order chi connectivity index (χ1) is 9.47. The fourth-order valence-electron chi connectivity index (χ4n) is 2.95. The molecule has 22 heavy (non-hydrogen) atoms. The normalized spacial score (nSPS) is 13.1. The van der Waals surface area contributed by atoms with Crippen LogP contribution in [0.25, 0.3) is 0 Å². The number of nitrogens with two attached hydrogens (primary N) is 1. The number of hydrogen-bond donors (Lipinski definition) is 2. The Morgan fingerprint density at radius 1 is 1.27 bits per heavy atom. The van der Waals surface area contributed by atoms with Gasteiger partial charge in [-0.15, -0.1) is 5.56 Å². The van der Waals surface area contributed by atoms with Crippen molar-refractivity contribution in [2.45, 2.75) is 47.0 Å². The Labute approximate surface area is 181 Å². The summed E-state index contributed by atoms with van der Waals surface area (Å²) in [5.41, 5.74) is 5.69. The van der Waals surface area contributed by atoms with Crippen molar-refractivity contribution in [2.75, 3.05) is 0 Å². The number of amides is 1. The van der Waals surface area contributed by atoms with E-state index in [9.17, 15) is 14.7 Å². The van der Waals surface area contributed by atoms with Gasteiger partial charge in [0.1, 0.15) is 0 Å². The largest absolute Gasteiger partial charge is 1.00 e. The molecule has 0 aliphatic rings. The minimum atomic E-state index is -0.905. The number of carbonyl (C=O) groups excluding carboxylic acids is 1. The van der Waals surface area contributed by atoms with Crippen LogP contribution in [0.1, 0.15) is 51.2 Å². The standard InChI is InChI=1S/C17H24NO3.Rb/c1-11-6-8-12(9-7-11)13(14(19)20)16(2,3)10-17(4,5)15(18)21;/h6,8-9,13H,10H2,1-5H3,(H2,18,21)(H,19,20);/q-1;+1/t13-;/m1./s1. The predicted molar refractivity (Wildman–Crippen MR) is 81.8 cm³/mol. The molecule has 1 aromatic rings. The van der Waals surface area contributed by atoms with E-state index in [1.54, 1.807) is 19.9 Å². The zero-order valence-electron chi connectivity index (χ0n) is 14.4. The number of carboxylic acids is 1. The summed E-state index contributed by atoms with van der Waals surface area (Å²) in [6.07, 6.45) is 0.389. The Hall–Kier alpha value is -0.0348. The van der Waals surface area contributed by atoms with Crippen molar-refractivity contribution in [3.05, 3.63) is 35.4 Å². The zero-order valence-corrected chi connectivity index (χ0v) is 19.3. The van der Waals surface area contributed by atoms with Crippen LogP contribution in [0.3, 0.4) is 0 Å². The van der Waals surface area contributed by atoms with Crippen LogP contribution in [0.5, 0.6) is 0 Å². The van der Waals surface area contributed by atoms with Gasteiger partial charge in [-0.05, 0) is 11.8 Å². The van der Waals surface area contributed by atoms with Crippen molar-refractivity contribution in [1.29, 1.82) is 0 Å². The molecule has 0 fully saturated rings. The SMILES string of the molecule is Cc1[c-]cc([C@H](C(=O)O)C(C)(C)CC(C)(C)C(N)=O)cc1.[Rb+]. The molecule has 0 saturated heterocycles. The van der Waals surface area contributed by atoms with Crippen molar-refractivity contribution < 1.29 is 72.9 Å². The molecule has 0 unspecified atom stereocenters. The molecule has 0 aromatic heterocycles. The van der Waals surface area contributed by atoms with E-state index in [0.29, 0.717) is 12.0 Å². The van der Waals surface area contributed by atoms with Gasteiger partial charge in [-0.2, -0.15) is 29.8 Å². The second-order valence-electron chi connectivity index (χ2n) is 6.99. The van der Waals surface area contributed by atoms with Gasteiger partial charge >= 0.3 is 58.2 Å². The smallest absolute Gasteiger partial charge is 0.482 e. The molecule has 1 atom stereocenters. The van der Waals surface area contributed by atoms with Crippen molar-refractivity contribution in [3.63, 3.8) is 0 Å². The maximum atomic E-state index is 11.8. The van der Waals surface area contributed by atoms with Crippen molar-refractivity contribution in [1.82, 2.24) is 0 Å². The zero-order chi connectivity index (χ0) is 16.4. The monoisotopic (exact) mass is 375 g/mol. The summed E-state index contributed by atoms with van der Waals surface area (Å²) < 4.78 is 0. The molecule has 0 radical (unpaired) electrons. The maximum Gasteiger partial charge on any atom is 1.00 e. The van der Waals surface area contributed by atoms with Gasteiger partial charge in [0.25, 0.3) is 5.97 Å². The molecule has 1 amide bonds. The van der Waals surface area contributed by atoms with E-state index in [4.69, 9.17) is 5.73 Å². The summed E-state index contributed by atoms with van der Waals surface area (Å²) in [6, 6.07) is 8.41. The third-order valence-corrected chi connectivity index (χ3v) is 3.92. The van der Waals surface area contributed by atoms with E-state index in [1.807, 2.05) is 32.9 Å². The summed E-state index contributed by atoms with van der Waals surface area (Å²) >= 11 is 0. The molecule has 0 heterocycles. The number of aliphatic carboxylic acids is 1. The van der Waals surface area contributed by atoms with E-state index >= 15 is 0 Å². The van der Waals surface area contributed by atoms with Gasteiger partial charge in [0.2, 0.25) is 5.91 Å². The second kappa shape index (κ2) is 8.18. The third kappa shape index (κ3) is 5.55. The molecule has 3 N–H and O–H groups in total. The van der Waals surface area contributed by atoms with Gasteiger partial charge in [-0.3, -0.25) is 9.59 Å². The van der Waals surface area contributed by atoms with Crippen molar-refractivity contribution >= 4 is 11.9 Å². The van der Waals surface area contributed by atoms with Gasteiger partial charge in [0, 0.05) is 11.3 Å². The number of primary amides is 1. The van der Waals surface area contributed by atoms with Gasteiger partial charge in [0.05, 0.1) is 0 Å². The average molecular weight is 376 g/mol. The van der Waals surface area contributed by atoms with Crippen LogP contribution >= 0.6 is 0 Å². The molecular weight excluding hydrogens is 352 g/mol. The number of carboxylic acid groups (broad SMARTS) is 1.